The van der Waals surface area contributed by atoms with E-state index in [1.165, 1.54) is 5.52 Å². The number of methoxy groups -OCH3 is 3. The van der Waals surface area contributed by atoms with E-state index in [0.29, 0.717) is 17.2 Å². The number of hydrogen-bond donors (Lipinski definition) is 0. The minimum atomic E-state index is 0.538. The number of aryl methyl sites for hydroxylation is 1. The lowest BCUT2D eigenvalue weighted by atomic mass is 10.1. The van der Waals surface area contributed by atoms with Crippen molar-refractivity contribution < 1.29 is 14.2 Å². The molecule has 0 bridgehead atoms. The lowest BCUT2D eigenvalue weighted by molar-refractivity contribution is 0.324. The molecule has 2 aromatic carbocycles. The van der Waals surface area contributed by atoms with Crippen LogP contribution in [0.3, 0.4) is 0 Å². The van der Waals surface area contributed by atoms with Gasteiger partial charge in [0.15, 0.2) is 11.5 Å². The summed E-state index contributed by atoms with van der Waals surface area (Å²) in [5, 5.41) is 9.53. The molecule has 4 aromatic rings. The molecular formula is C20H20N4O3. The van der Waals surface area contributed by atoms with Crippen molar-refractivity contribution in [3.8, 4) is 34.2 Å². The van der Waals surface area contributed by atoms with E-state index in [0.717, 1.165) is 22.3 Å². The van der Waals surface area contributed by atoms with Gasteiger partial charge in [0.2, 0.25) is 5.75 Å². The molecule has 0 unspecified atom stereocenters. The van der Waals surface area contributed by atoms with Crippen molar-refractivity contribution >= 4 is 10.9 Å². The number of aromatic nitrogens is 4. The third kappa shape index (κ3) is 2.77. The van der Waals surface area contributed by atoms with Crippen LogP contribution in [0, 0.1) is 0 Å². The molecular weight excluding hydrogens is 344 g/mol. The van der Waals surface area contributed by atoms with Gasteiger partial charge >= 0.3 is 0 Å². The number of hydrogen-bond acceptors (Lipinski definition) is 5. The number of nitrogens with zero attached hydrogens (tertiary/aromatic N) is 4. The summed E-state index contributed by atoms with van der Waals surface area (Å²) in [5.41, 5.74) is 3.83. The third-order valence-electron chi connectivity index (χ3n) is 4.62. The first-order valence-electron chi connectivity index (χ1n) is 8.42. The van der Waals surface area contributed by atoms with Crippen LogP contribution in [0.1, 0.15) is 0 Å². The van der Waals surface area contributed by atoms with Crippen molar-refractivity contribution in [3.63, 3.8) is 0 Å². The number of rotatable bonds is 5. The summed E-state index contributed by atoms with van der Waals surface area (Å²) in [5.74, 6) is 1.66. The summed E-state index contributed by atoms with van der Waals surface area (Å²) >= 11 is 0. The number of ether oxygens (including phenoxy) is 3. The maximum atomic E-state index is 5.45. The zero-order valence-corrected chi connectivity index (χ0v) is 15.6. The van der Waals surface area contributed by atoms with Gasteiger partial charge in [-0.05, 0) is 18.2 Å². The highest BCUT2D eigenvalue weighted by molar-refractivity contribution is 5.85. The molecule has 0 saturated heterocycles. The predicted octanol–water partition coefficient (Wildman–Crippen LogP) is 3.45. The van der Waals surface area contributed by atoms with Crippen molar-refractivity contribution in [1.29, 1.82) is 0 Å². The van der Waals surface area contributed by atoms with E-state index in [2.05, 4.69) is 39.1 Å². The van der Waals surface area contributed by atoms with Crippen molar-refractivity contribution in [1.82, 2.24) is 19.6 Å². The summed E-state index contributed by atoms with van der Waals surface area (Å²) in [6, 6.07) is 12.1. The first kappa shape index (κ1) is 17.0. The molecule has 7 nitrogen and oxygen atoms in total. The van der Waals surface area contributed by atoms with Crippen molar-refractivity contribution in [2.75, 3.05) is 21.3 Å². The molecule has 0 fully saturated rings. The van der Waals surface area contributed by atoms with Gasteiger partial charge in [-0.2, -0.15) is 0 Å². The Hall–Kier alpha value is -3.48. The minimum absolute atomic E-state index is 0.538. The molecule has 0 aliphatic carbocycles. The molecule has 2 heterocycles. The Balaban J connectivity index is 1.86. The summed E-state index contributed by atoms with van der Waals surface area (Å²) in [4.78, 5) is 0. The second-order valence-electron chi connectivity index (χ2n) is 6.11. The van der Waals surface area contributed by atoms with Gasteiger partial charge in [0, 0.05) is 41.8 Å². The van der Waals surface area contributed by atoms with Crippen LogP contribution >= 0.6 is 0 Å². The molecule has 0 aliphatic rings. The molecule has 0 radical (unpaired) electrons. The van der Waals surface area contributed by atoms with Crippen molar-refractivity contribution in [2.45, 2.75) is 0 Å². The van der Waals surface area contributed by atoms with Gasteiger partial charge in [-0.3, -0.25) is 0 Å². The lowest BCUT2D eigenvalue weighted by Gasteiger charge is -2.15. The molecule has 2 aromatic heterocycles. The molecule has 0 amide bonds. The van der Waals surface area contributed by atoms with Crippen molar-refractivity contribution in [2.24, 2.45) is 7.05 Å². The van der Waals surface area contributed by atoms with E-state index < -0.39 is 0 Å². The summed E-state index contributed by atoms with van der Waals surface area (Å²) in [7, 11) is 6.79. The minimum Gasteiger partial charge on any atom is -0.493 e. The highest BCUT2D eigenvalue weighted by Gasteiger charge is 2.17. The monoisotopic (exact) mass is 364 g/mol. The molecule has 138 valence electrons. The molecule has 27 heavy (non-hydrogen) atoms. The van der Waals surface area contributed by atoms with Crippen LogP contribution in [0.4, 0.5) is 0 Å². The lowest BCUT2D eigenvalue weighted by Crippen LogP contribution is -2.02. The highest BCUT2D eigenvalue weighted by atomic mass is 16.5. The highest BCUT2D eigenvalue weighted by Crippen LogP contribution is 2.40. The van der Waals surface area contributed by atoms with E-state index >= 15 is 0 Å². The van der Waals surface area contributed by atoms with Gasteiger partial charge < -0.3 is 18.8 Å². The second-order valence-corrected chi connectivity index (χ2v) is 6.11. The van der Waals surface area contributed by atoms with Crippen LogP contribution in [0.25, 0.3) is 27.8 Å². The van der Waals surface area contributed by atoms with Gasteiger partial charge in [-0.15, -0.1) is 5.10 Å². The average molecular weight is 364 g/mol. The Morgan fingerprint density at radius 2 is 1.63 bits per heavy atom. The zero-order chi connectivity index (χ0) is 19.0. The molecule has 0 N–H and O–H groups in total. The standard InChI is InChI=1S/C20H20N4O3/c1-23-8-7-14-9-13(5-6-16(14)23)17-12-21-22-24(17)15-10-18(25-2)20(27-4)19(11-15)26-3/h5-12H,1-4H3. The van der Waals surface area contributed by atoms with Crippen LogP contribution in [0.2, 0.25) is 0 Å². The molecule has 0 atom stereocenters. The van der Waals surface area contributed by atoms with Crippen LogP contribution in [0.5, 0.6) is 17.2 Å². The molecule has 0 aliphatic heterocycles. The second kappa shape index (κ2) is 6.68. The predicted molar refractivity (Wildman–Crippen MR) is 103 cm³/mol. The fourth-order valence-electron chi connectivity index (χ4n) is 3.25. The van der Waals surface area contributed by atoms with Crippen LogP contribution in [0.15, 0.2) is 48.8 Å². The fourth-order valence-corrected chi connectivity index (χ4v) is 3.25. The molecule has 4 rings (SSSR count). The molecule has 0 spiro atoms. The van der Waals surface area contributed by atoms with Gasteiger partial charge in [-0.1, -0.05) is 11.3 Å². The SMILES string of the molecule is COc1cc(-n2nncc2-c2ccc3c(ccn3C)c2)cc(OC)c1OC. The van der Waals surface area contributed by atoms with E-state index in [1.807, 2.05) is 25.4 Å². The first-order chi connectivity index (χ1) is 13.2. The first-order valence-corrected chi connectivity index (χ1v) is 8.42. The topological polar surface area (TPSA) is 63.3 Å². The van der Waals surface area contributed by atoms with E-state index in [-0.39, 0.29) is 0 Å². The largest absolute Gasteiger partial charge is 0.493 e. The Kier molecular flexibility index (Phi) is 4.19. The summed E-state index contributed by atoms with van der Waals surface area (Å²) < 4.78 is 20.2. The Morgan fingerprint density at radius 3 is 2.30 bits per heavy atom. The fraction of sp³-hybridized carbons (Fsp3) is 0.200. The van der Waals surface area contributed by atoms with Gasteiger partial charge in [0.05, 0.1) is 38.9 Å². The Labute approximate surface area is 156 Å². The normalized spacial score (nSPS) is 11.0. The maximum absolute atomic E-state index is 5.45. The zero-order valence-electron chi connectivity index (χ0n) is 15.6. The van der Waals surface area contributed by atoms with Gasteiger partial charge in [0.25, 0.3) is 0 Å². The smallest absolute Gasteiger partial charge is 0.203 e. The maximum Gasteiger partial charge on any atom is 0.203 e. The Morgan fingerprint density at radius 1 is 0.889 bits per heavy atom. The molecule has 0 saturated carbocycles. The van der Waals surface area contributed by atoms with E-state index in [4.69, 9.17) is 14.2 Å². The van der Waals surface area contributed by atoms with E-state index in [9.17, 15) is 0 Å². The van der Waals surface area contributed by atoms with Gasteiger partial charge in [0.1, 0.15) is 0 Å². The summed E-state index contributed by atoms with van der Waals surface area (Å²) in [6.07, 6.45) is 3.79. The number of fused-ring (bicyclic) bond motifs is 1. The molecule has 7 heteroatoms. The van der Waals surface area contributed by atoms with Crippen molar-refractivity contribution in [3.05, 3.63) is 48.8 Å². The van der Waals surface area contributed by atoms with Crippen LogP contribution < -0.4 is 14.2 Å². The number of benzene rings is 2. The van der Waals surface area contributed by atoms with Gasteiger partial charge in [-0.25, -0.2) is 4.68 Å². The van der Waals surface area contributed by atoms with E-state index in [1.54, 1.807) is 32.2 Å². The third-order valence-corrected chi connectivity index (χ3v) is 4.62. The average Bonchev–Trinajstić information content (AvgIpc) is 3.33. The van der Waals surface area contributed by atoms with Crippen LogP contribution in [-0.2, 0) is 7.05 Å². The van der Waals surface area contributed by atoms with Crippen LogP contribution in [-0.4, -0.2) is 40.9 Å². The summed E-state index contributed by atoms with van der Waals surface area (Å²) in [6.45, 7) is 0. The Bertz CT molecular complexity index is 1090. The quantitative estimate of drug-likeness (QED) is 0.543.